The summed E-state index contributed by atoms with van der Waals surface area (Å²) in [6.45, 7) is 2.55. The quantitative estimate of drug-likeness (QED) is 0.758. The first-order valence-corrected chi connectivity index (χ1v) is 4.84. The van der Waals surface area contributed by atoms with E-state index in [-0.39, 0.29) is 12.5 Å². The fourth-order valence-electron chi connectivity index (χ4n) is 1.42. The van der Waals surface area contributed by atoms with Crippen LogP contribution in [0.2, 0.25) is 0 Å². The SMILES string of the molecule is CCN(C(=O)COC)c1ccccc1N. The van der Waals surface area contributed by atoms with Crippen LogP contribution in [-0.2, 0) is 9.53 Å². The fourth-order valence-corrected chi connectivity index (χ4v) is 1.42. The van der Waals surface area contributed by atoms with Gasteiger partial charge in [-0.2, -0.15) is 0 Å². The van der Waals surface area contributed by atoms with Crippen LogP contribution in [0.1, 0.15) is 6.92 Å². The molecule has 4 nitrogen and oxygen atoms in total. The van der Waals surface area contributed by atoms with Gasteiger partial charge in [0.15, 0.2) is 0 Å². The molecule has 0 bridgehead atoms. The molecule has 0 saturated carbocycles. The number of benzene rings is 1. The van der Waals surface area contributed by atoms with Gasteiger partial charge in [0.05, 0.1) is 11.4 Å². The number of carbonyl (C=O) groups excluding carboxylic acids is 1. The van der Waals surface area contributed by atoms with E-state index in [1.807, 2.05) is 25.1 Å². The number of nitrogens with zero attached hydrogens (tertiary/aromatic N) is 1. The Balaban J connectivity index is 2.92. The lowest BCUT2D eigenvalue weighted by atomic mass is 10.2. The Hall–Kier alpha value is -1.55. The first-order valence-electron chi connectivity index (χ1n) is 4.84. The maximum absolute atomic E-state index is 11.7. The third kappa shape index (κ3) is 2.70. The van der Waals surface area contributed by atoms with Crippen molar-refractivity contribution in [1.29, 1.82) is 0 Å². The summed E-state index contributed by atoms with van der Waals surface area (Å²) in [5.74, 6) is -0.0853. The zero-order valence-corrected chi connectivity index (χ0v) is 9.06. The highest BCUT2D eigenvalue weighted by Crippen LogP contribution is 2.22. The molecule has 0 heterocycles. The number of amides is 1. The van der Waals surface area contributed by atoms with Crippen LogP contribution in [0.15, 0.2) is 24.3 Å². The van der Waals surface area contributed by atoms with Gasteiger partial charge in [0, 0.05) is 13.7 Å². The fraction of sp³-hybridized carbons (Fsp3) is 0.364. The number of carbonyl (C=O) groups is 1. The average molecular weight is 208 g/mol. The normalized spacial score (nSPS) is 10.0. The molecule has 0 aliphatic rings. The van der Waals surface area contributed by atoms with Crippen molar-refractivity contribution in [3.8, 4) is 0 Å². The molecular formula is C11H16N2O2. The van der Waals surface area contributed by atoms with Crippen molar-refractivity contribution in [1.82, 2.24) is 0 Å². The van der Waals surface area contributed by atoms with Crippen LogP contribution in [-0.4, -0.2) is 26.2 Å². The van der Waals surface area contributed by atoms with Gasteiger partial charge in [-0.15, -0.1) is 0 Å². The van der Waals surface area contributed by atoms with E-state index in [0.717, 1.165) is 5.69 Å². The maximum Gasteiger partial charge on any atom is 0.253 e. The number of hydrogen-bond acceptors (Lipinski definition) is 3. The average Bonchev–Trinajstić information content (AvgIpc) is 2.22. The van der Waals surface area contributed by atoms with Crippen molar-refractivity contribution in [2.75, 3.05) is 30.9 Å². The third-order valence-electron chi connectivity index (χ3n) is 2.11. The van der Waals surface area contributed by atoms with E-state index in [9.17, 15) is 4.79 Å². The number of para-hydroxylation sites is 2. The molecule has 0 radical (unpaired) electrons. The first-order chi connectivity index (χ1) is 7.20. The highest BCUT2D eigenvalue weighted by atomic mass is 16.5. The van der Waals surface area contributed by atoms with E-state index < -0.39 is 0 Å². The van der Waals surface area contributed by atoms with Gasteiger partial charge in [-0.05, 0) is 19.1 Å². The van der Waals surface area contributed by atoms with Crippen LogP contribution in [0.25, 0.3) is 0 Å². The smallest absolute Gasteiger partial charge is 0.253 e. The Kier molecular flexibility index (Phi) is 4.12. The Labute approximate surface area is 89.6 Å². The Morgan fingerprint density at radius 1 is 1.47 bits per heavy atom. The number of anilines is 2. The topological polar surface area (TPSA) is 55.6 Å². The van der Waals surface area contributed by atoms with Crippen LogP contribution in [0.5, 0.6) is 0 Å². The lowest BCUT2D eigenvalue weighted by Crippen LogP contribution is -2.34. The number of nitrogens with two attached hydrogens (primary N) is 1. The second-order valence-electron chi connectivity index (χ2n) is 3.13. The lowest BCUT2D eigenvalue weighted by Gasteiger charge is -2.22. The number of hydrogen-bond donors (Lipinski definition) is 1. The molecule has 2 N–H and O–H groups in total. The summed E-state index contributed by atoms with van der Waals surface area (Å²) in [7, 11) is 1.50. The van der Waals surface area contributed by atoms with Crippen LogP contribution in [0.4, 0.5) is 11.4 Å². The van der Waals surface area contributed by atoms with Gasteiger partial charge in [-0.1, -0.05) is 12.1 Å². The van der Waals surface area contributed by atoms with Crippen LogP contribution < -0.4 is 10.6 Å². The molecular weight excluding hydrogens is 192 g/mol. The minimum atomic E-state index is -0.0853. The van der Waals surface area contributed by atoms with Crippen LogP contribution >= 0.6 is 0 Å². The first kappa shape index (κ1) is 11.5. The van der Waals surface area contributed by atoms with Gasteiger partial charge in [0.2, 0.25) is 0 Å². The molecule has 0 atom stereocenters. The summed E-state index contributed by atoms with van der Waals surface area (Å²) in [4.78, 5) is 13.3. The number of methoxy groups -OCH3 is 1. The van der Waals surface area contributed by atoms with E-state index in [1.54, 1.807) is 11.0 Å². The lowest BCUT2D eigenvalue weighted by molar-refractivity contribution is -0.122. The number of rotatable bonds is 4. The minimum absolute atomic E-state index is 0.0716. The number of ether oxygens (including phenoxy) is 1. The van der Waals surface area contributed by atoms with Gasteiger partial charge >= 0.3 is 0 Å². The van der Waals surface area contributed by atoms with Gasteiger partial charge in [0.1, 0.15) is 6.61 Å². The molecule has 15 heavy (non-hydrogen) atoms. The zero-order valence-electron chi connectivity index (χ0n) is 9.06. The molecule has 0 spiro atoms. The second-order valence-corrected chi connectivity index (χ2v) is 3.13. The number of likely N-dealkylation sites (N-methyl/N-ethyl adjacent to an activating group) is 1. The van der Waals surface area contributed by atoms with Crippen molar-refractivity contribution in [2.45, 2.75) is 6.92 Å². The van der Waals surface area contributed by atoms with Crippen LogP contribution in [0.3, 0.4) is 0 Å². The summed E-state index contributed by atoms with van der Waals surface area (Å²) in [6.07, 6.45) is 0. The molecule has 1 amide bonds. The summed E-state index contributed by atoms with van der Waals surface area (Å²) >= 11 is 0. The predicted octanol–water partition coefficient (Wildman–Crippen LogP) is 1.27. The van der Waals surface area contributed by atoms with E-state index in [1.165, 1.54) is 7.11 Å². The maximum atomic E-state index is 11.7. The van der Waals surface area contributed by atoms with Crippen molar-refractivity contribution < 1.29 is 9.53 Å². The van der Waals surface area contributed by atoms with E-state index >= 15 is 0 Å². The van der Waals surface area contributed by atoms with Crippen LogP contribution in [0, 0.1) is 0 Å². The molecule has 0 unspecified atom stereocenters. The van der Waals surface area contributed by atoms with Gasteiger partial charge in [-0.3, -0.25) is 4.79 Å². The molecule has 1 aromatic rings. The van der Waals surface area contributed by atoms with Gasteiger partial charge in [-0.25, -0.2) is 0 Å². The summed E-state index contributed by atoms with van der Waals surface area (Å²) < 4.78 is 4.82. The van der Waals surface area contributed by atoms with Crippen molar-refractivity contribution in [3.63, 3.8) is 0 Å². The highest BCUT2D eigenvalue weighted by molar-refractivity contribution is 5.97. The Bertz CT molecular complexity index is 339. The number of nitrogen functional groups attached to an aromatic ring is 1. The largest absolute Gasteiger partial charge is 0.397 e. The van der Waals surface area contributed by atoms with Gasteiger partial charge < -0.3 is 15.4 Å². The van der Waals surface area contributed by atoms with E-state index in [0.29, 0.717) is 12.2 Å². The Morgan fingerprint density at radius 2 is 2.13 bits per heavy atom. The van der Waals surface area contributed by atoms with Gasteiger partial charge in [0.25, 0.3) is 5.91 Å². The summed E-state index contributed by atoms with van der Waals surface area (Å²) in [5.41, 5.74) is 7.14. The zero-order chi connectivity index (χ0) is 11.3. The summed E-state index contributed by atoms with van der Waals surface area (Å²) in [5, 5.41) is 0. The molecule has 0 aliphatic heterocycles. The van der Waals surface area contributed by atoms with Crippen molar-refractivity contribution in [3.05, 3.63) is 24.3 Å². The standard InChI is InChI=1S/C11H16N2O2/c1-3-13(11(14)8-15-2)10-7-5-4-6-9(10)12/h4-7H,3,8,12H2,1-2H3. The molecule has 4 heteroatoms. The molecule has 1 rings (SSSR count). The monoisotopic (exact) mass is 208 g/mol. The molecule has 0 fully saturated rings. The van der Waals surface area contributed by atoms with E-state index in [4.69, 9.17) is 10.5 Å². The second kappa shape index (κ2) is 5.36. The highest BCUT2D eigenvalue weighted by Gasteiger charge is 2.14. The van der Waals surface area contributed by atoms with E-state index in [2.05, 4.69) is 0 Å². The van der Waals surface area contributed by atoms with Crippen molar-refractivity contribution >= 4 is 17.3 Å². The molecule has 0 saturated heterocycles. The third-order valence-corrected chi connectivity index (χ3v) is 2.11. The Morgan fingerprint density at radius 3 is 2.67 bits per heavy atom. The predicted molar refractivity (Wildman–Crippen MR) is 60.8 cm³/mol. The molecule has 0 aromatic heterocycles. The molecule has 82 valence electrons. The van der Waals surface area contributed by atoms with Crippen molar-refractivity contribution in [2.24, 2.45) is 0 Å². The molecule has 1 aromatic carbocycles. The summed E-state index contributed by atoms with van der Waals surface area (Å²) in [6, 6.07) is 7.30. The molecule has 0 aliphatic carbocycles. The minimum Gasteiger partial charge on any atom is -0.397 e.